The fourth-order valence-electron chi connectivity index (χ4n) is 3.51. The molecular formula is C20H18BrClN2. The molecule has 1 fully saturated rings. The van der Waals surface area contributed by atoms with Gasteiger partial charge < -0.3 is 4.90 Å². The van der Waals surface area contributed by atoms with Gasteiger partial charge in [-0.2, -0.15) is 0 Å². The van der Waals surface area contributed by atoms with E-state index in [0.29, 0.717) is 0 Å². The standard InChI is InChI=1S/C20H18BrClN2/c1-24-9-6-13(7-10-24)19-16-5-4-15(22)12-17(16)18(21)11-14-3-2-8-23-20(14)19/h2-5,8,11-12H,6-7,9-10H2,1H3. The molecule has 2 nitrogen and oxygen atoms in total. The average molecular weight is 402 g/mol. The number of hydrogen-bond donors (Lipinski definition) is 0. The third-order valence-electron chi connectivity index (χ3n) is 4.81. The maximum Gasteiger partial charge on any atom is 0.0780 e. The first-order chi connectivity index (χ1) is 11.6. The summed E-state index contributed by atoms with van der Waals surface area (Å²) in [5.41, 5.74) is 7.37. The Morgan fingerprint density at radius 1 is 1.12 bits per heavy atom. The van der Waals surface area contributed by atoms with E-state index in [1.807, 2.05) is 24.4 Å². The molecule has 0 N–H and O–H groups in total. The van der Waals surface area contributed by atoms with Gasteiger partial charge in [-0.15, -0.1) is 0 Å². The Hall–Kier alpha value is -1.42. The van der Waals surface area contributed by atoms with E-state index in [0.717, 1.165) is 52.3 Å². The zero-order valence-electron chi connectivity index (χ0n) is 13.5. The highest BCUT2D eigenvalue weighted by Crippen LogP contribution is 2.42. The van der Waals surface area contributed by atoms with Crippen molar-refractivity contribution in [2.45, 2.75) is 12.8 Å². The predicted molar refractivity (Wildman–Crippen MR) is 105 cm³/mol. The van der Waals surface area contributed by atoms with Crippen LogP contribution < -0.4 is 0 Å². The van der Waals surface area contributed by atoms with Crippen molar-refractivity contribution in [3.8, 4) is 0 Å². The van der Waals surface area contributed by atoms with Gasteiger partial charge in [0.05, 0.1) is 5.69 Å². The van der Waals surface area contributed by atoms with Crippen molar-refractivity contribution < 1.29 is 0 Å². The van der Waals surface area contributed by atoms with Crippen LogP contribution >= 0.6 is 27.5 Å². The van der Waals surface area contributed by atoms with Gasteiger partial charge >= 0.3 is 0 Å². The van der Waals surface area contributed by atoms with Crippen molar-refractivity contribution in [2.75, 3.05) is 20.1 Å². The van der Waals surface area contributed by atoms with E-state index in [9.17, 15) is 0 Å². The number of hydrogen-bond acceptors (Lipinski definition) is 2. The van der Waals surface area contributed by atoms with Gasteiger partial charge in [-0.25, -0.2) is 0 Å². The van der Waals surface area contributed by atoms with Crippen LogP contribution in [0.15, 0.2) is 42.1 Å². The summed E-state index contributed by atoms with van der Waals surface area (Å²) in [5, 5.41) is 0.755. The summed E-state index contributed by atoms with van der Waals surface area (Å²) in [5.74, 6) is 0. The lowest BCUT2D eigenvalue weighted by Gasteiger charge is -2.27. The van der Waals surface area contributed by atoms with Gasteiger partial charge in [0.1, 0.15) is 0 Å². The van der Waals surface area contributed by atoms with Gasteiger partial charge in [-0.3, -0.25) is 4.98 Å². The summed E-state index contributed by atoms with van der Waals surface area (Å²) in [6.45, 7) is 2.19. The maximum absolute atomic E-state index is 6.27. The van der Waals surface area contributed by atoms with E-state index in [2.05, 4.69) is 46.1 Å². The first kappa shape index (κ1) is 16.1. The Morgan fingerprint density at radius 2 is 1.92 bits per heavy atom. The van der Waals surface area contributed by atoms with Crippen molar-refractivity contribution in [1.29, 1.82) is 0 Å². The highest BCUT2D eigenvalue weighted by atomic mass is 79.9. The molecule has 122 valence electrons. The lowest BCUT2D eigenvalue weighted by Crippen LogP contribution is -2.27. The van der Waals surface area contributed by atoms with Crippen LogP contribution in [0, 0.1) is 0 Å². The van der Waals surface area contributed by atoms with Gasteiger partial charge in [0, 0.05) is 39.9 Å². The second-order valence-electron chi connectivity index (χ2n) is 6.41. The first-order valence-electron chi connectivity index (χ1n) is 8.17. The number of rotatable bonds is 0. The quantitative estimate of drug-likeness (QED) is 0.582. The van der Waals surface area contributed by atoms with E-state index in [4.69, 9.17) is 16.6 Å². The van der Waals surface area contributed by atoms with Crippen LogP contribution in [-0.4, -0.2) is 30.0 Å². The molecule has 4 heteroatoms. The van der Waals surface area contributed by atoms with Crippen LogP contribution in [0.25, 0.3) is 16.1 Å². The number of pyridine rings is 1. The third kappa shape index (κ3) is 2.85. The highest BCUT2D eigenvalue weighted by molar-refractivity contribution is 9.15. The Bertz CT molecular complexity index is 860. The second-order valence-corrected chi connectivity index (χ2v) is 7.70. The monoisotopic (exact) mass is 400 g/mol. The van der Waals surface area contributed by atoms with Crippen LogP contribution in [0.5, 0.6) is 0 Å². The molecule has 2 aromatic rings. The Kier molecular flexibility index (Phi) is 4.33. The molecule has 0 bridgehead atoms. The first-order valence-corrected chi connectivity index (χ1v) is 9.34. The molecule has 1 saturated heterocycles. The summed E-state index contributed by atoms with van der Waals surface area (Å²) in [6, 6.07) is 10.3. The van der Waals surface area contributed by atoms with E-state index in [1.54, 1.807) is 0 Å². The molecule has 1 aliphatic heterocycles. The minimum Gasteiger partial charge on any atom is -0.306 e. The van der Waals surface area contributed by atoms with Crippen molar-refractivity contribution in [3.05, 3.63) is 69.5 Å². The van der Waals surface area contributed by atoms with Crippen LogP contribution in [-0.2, 0) is 0 Å². The number of halogens is 2. The van der Waals surface area contributed by atoms with E-state index in [1.165, 1.54) is 16.7 Å². The largest absolute Gasteiger partial charge is 0.306 e. The molecule has 1 aliphatic carbocycles. The fraction of sp³-hybridized carbons (Fsp3) is 0.250. The molecular weight excluding hydrogens is 384 g/mol. The fourth-order valence-corrected chi connectivity index (χ4v) is 4.26. The molecule has 0 amide bonds. The van der Waals surface area contributed by atoms with E-state index < -0.39 is 0 Å². The third-order valence-corrected chi connectivity index (χ3v) is 5.70. The molecule has 0 unspecified atom stereocenters. The minimum atomic E-state index is 0.755. The van der Waals surface area contributed by atoms with Gasteiger partial charge in [0.15, 0.2) is 0 Å². The van der Waals surface area contributed by atoms with Crippen molar-refractivity contribution in [1.82, 2.24) is 9.88 Å². The van der Waals surface area contributed by atoms with Crippen LogP contribution in [0.1, 0.15) is 35.2 Å². The Balaban J connectivity index is 2.01. The van der Waals surface area contributed by atoms with Gasteiger partial charge in [0.25, 0.3) is 0 Å². The molecule has 2 aliphatic rings. The Labute approximate surface area is 156 Å². The van der Waals surface area contributed by atoms with Crippen LogP contribution in [0.4, 0.5) is 0 Å². The van der Waals surface area contributed by atoms with Crippen molar-refractivity contribution in [3.63, 3.8) is 0 Å². The summed E-state index contributed by atoms with van der Waals surface area (Å²) >= 11 is 10.0. The van der Waals surface area contributed by atoms with E-state index in [-0.39, 0.29) is 0 Å². The van der Waals surface area contributed by atoms with Gasteiger partial charge in [-0.1, -0.05) is 45.2 Å². The summed E-state index contributed by atoms with van der Waals surface area (Å²) in [7, 11) is 2.19. The molecule has 0 spiro atoms. The average Bonchev–Trinajstić information content (AvgIpc) is 2.70. The molecule has 1 aromatic heterocycles. The van der Waals surface area contributed by atoms with Crippen molar-refractivity contribution >= 4 is 43.7 Å². The molecule has 4 rings (SSSR count). The van der Waals surface area contributed by atoms with Gasteiger partial charge in [-0.05, 0) is 55.3 Å². The lowest BCUT2D eigenvalue weighted by molar-refractivity contribution is 0.313. The summed E-state index contributed by atoms with van der Waals surface area (Å²) < 4.78 is 1.05. The van der Waals surface area contributed by atoms with Gasteiger partial charge in [0.2, 0.25) is 0 Å². The second kappa shape index (κ2) is 6.47. The van der Waals surface area contributed by atoms with E-state index >= 15 is 0 Å². The normalized spacial score (nSPS) is 17.9. The molecule has 1 aromatic carbocycles. The molecule has 0 radical (unpaired) electrons. The predicted octanol–water partition coefficient (Wildman–Crippen LogP) is 5.47. The molecule has 0 saturated carbocycles. The van der Waals surface area contributed by atoms with Crippen LogP contribution in [0.3, 0.4) is 0 Å². The number of likely N-dealkylation sites (tertiary alicyclic amines) is 1. The zero-order valence-corrected chi connectivity index (χ0v) is 15.9. The molecule has 24 heavy (non-hydrogen) atoms. The highest BCUT2D eigenvalue weighted by Gasteiger charge is 2.24. The van der Waals surface area contributed by atoms with Crippen molar-refractivity contribution in [2.24, 2.45) is 0 Å². The summed E-state index contributed by atoms with van der Waals surface area (Å²) in [4.78, 5) is 7.13. The number of fused-ring (bicyclic) bond motifs is 2. The topological polar surface area (TPSA) is 16.1 Å². The minimum absolute atomic E-state index is 0.755. The maximum atomic E-state index is 6.27. The summed E-state index contributed by atoms with van der Waals surface area (Å²) in [6.07, 6.45) is 6.21. The number of nitrogens with zero attached hydrogens (tertiary/aromatic N) is 2. The lowest BCUT2D eigenvalue weighted by atomic mass is 9.88. The number of benzene rings is 1. The smallest absolute Gasteiger partial charge is 0.0780 e. The Morgan fingerprint density at radius 3 is 2.71 bits per heavy atom. The molecule has 0 atom stereocenters. The zero-order chi connectivity index (χ0) is 16.7. The number of piperidine rings is 1. The molecule has 2 heterocycles. The van der Waals surface area contributed by atoms with Crippen LogP contribution in [0.2, 0.25) is 5.02 Å². The number of aromatic nitrogens is 1. The SMILES string of the molecule is CN1CCC(=C2c3ccc(Cl)cc3C(Br)=Cc3cccnc32)CC1.